The normalized spacial score (nSPS) is 11.3. The zero-order valence-corrected chi connectivity index (χ0v) is 25.5. The van der Waals surface area contributed by atoms with Crippen molar-refractivity contribution in [1.82, 2.24) is 0 Å². The van der Waals surface area contributed by atoms with E-state index in [1.165, 1.54) is 69.9 Å². The molecule has 13 heteroatoms. The molecule has 0 aliphatic heterocycles. The van der Waals surface area contributed by atoms with Crippen LogP contribution in [0, 0.1) is 6.92 Å². The van der Waals surface area contributed by atoms with Crippen LogP contribution in [0.25, 0.3) is 0 Å². The lowest BCUT2D eigenvalue weighted by molar-refractivity contribution is -0.114. The molecule has 0 unspecified atom stereocenters. The first-order chi connectivity index (χ1) is 20.5. The van der Waals surface area contributed by atoms with Crippen molar-refractivity contribution < 1.29 is 35.8 Å². The molecule has 4 aromatic carbocycles. The lowest BCUT2D eigenvalue weighted by Crippen LogP contribution is -2.38. The van der Waals surface area contributed by atoms with Crippen molar-refractivity contribution >= 4 is 43.0 Å². The van der Waals surface area contributed by atoms with Gasteiger partial charge in [-0.1, -0.05) is 24.3 Å². The lowest BCUT2D eigenvalue weighted by atomic mass is 10.2. The molecule has 0 aliphatic rings. The Morgan fingerprint density at radius 2 is 1.35 bits per heavy atom. The molecule has 4 rings (SSSR count). The number of nitrogens with one attached hydrogen (secondary N) is 2. The molecule has 0 fully saturated rings. The quantitative estimate of drug-likeness (QED) is 0.232. The number of benzene rings is 4. The van der Waals surface area contributed by atoms with Gasteiger partial charge in [0.15, 0.2) is 11.5 Å². The summed E-state index contributed by atoms with van der Waals surface area (Å²) in [6, 6.07) is 22.8. The van der Waals surface area contributed by atoms with Crippen molar-refractivity contribution in [3.63, 3.8) is 0 Å². The zero-order valence-electron chi connectivity index (χ0n) is 23.9. The molecule has 0 aliphatic carbocycles. The van der Waals surface area contributed by atoms with Gasteiger partial charge in [-0.3, -0.25) is 13.8 Å². The van der Waals surface area contributed by atoms with Crippen LogP contribution in [0.5, 0.6) is 17.2 Å². The Labute approximate surface area is 251 Å². The van der Waals surface area contributed by atoms with Gasteiger partial charge in [-0.15, -0.1) is 0 Å². The fraction of sp³-hybridized carbons (Fsp3) is 0.167. The van der Waals surface area contributed by atoms with Gasteiger partial charge in [-0.2, -0.15) is 0 Å². The van der Waals surface area contributed by atoms with E-state index < -0.39 is 32.5 Å². The summed E-state index contributed by atoms with van der Waals surface area (Å²) >= 11 is 0. The summed E-state index contributed by atoms with van der Waals surface area (Å²) in [7, 11) is -3.84. The zero-order chi connectivity index (χ0) is 31.2. The number of ether oxygens (including phenoxy) is 3. The van der Waals surface area contributed by atoms with Crippen LogP contribution < -0.4 is 28.6 Å². The first kappa shape index (κ1) is 31.2. The molecule has 0 saturated heterocycles. The Balaban J connectivity index is 1.57. The molecule has 2 N–H and O–H groups in total. The summed E-state index contributed by atoms with van der Waals surface area (Å²) in [5, 5.41) is 2.63. The maximum Gasteiger partial charge on any atom is 0.264 e. The third kappa shape index (κ3) is 7.19. The maximum absolute atomic E-state index is 13.6. The van der Waals surface area contributed by atoms with Crippen LogP contribution in [0.1, 0.15) is 5.56 Å². The Morgan fingerprint density at radius 3 is 1.98 bits per heavy atom. The second kappa shape index (κ2) is 13.0. The first-order valence-corrected chi connectivity index (χ1v) is 15.8. The molecule has 11 nitrogen and oxygen atoms in total. The number of sulfonamides is 2. The predicted octanol–water partition coefficient (Wildman–Crippen LogP) is 4.66. The highest BCUT2D eigenvalue weighted by Gasteiger charge is 2.28. The number of anilines is 3. The lowest BCUT2D eigenvalue weighted by Gasteiger charge is -2.25. The van der Waals surface area contributed by atoms with Crippen molar-refractivity contribution in [2.24, 2.45) is 0 Å². The largest absolute Gasteiger partial charge is 0.495 e. The number of amides is 1. The van der Waals surface area contributed by atoms with Crippen LogP contribution in [0.4, 0.5) is 17.1 Å². The van der Waals surface area contributed by atoms with Gasteiger partial charge in [0, 0.05) is 11.8 Å². The summed E-state index contributed by atoms with van der Waals surface area (Å²) in [5.74, 6) is 0.371. The number of rotatable bonds is 12. The van der Waals surface area contributed by atoms with Crippen LogP contribution >= 0.6 is 0 Å². The smallest absolute Gasteiger partial charge is 0.264 e. The minimum absolute atomic E-state index is 0.00937. The number of carbonyl (C=O) groups excluding carboxylic acids is 1. The third-order valence-corrected chi connectivity index (χ3v) is 9.49. The van der Waals surface area contributed by atoms with E-state index in [0.29, 0.717) is 11.5 Å². The van der Waals surface area contributed by atoms with Crippen molar-refractivity contribution in [1.29, 1.82) is 0 Å². The molecule has 226 valence electrons. The molecule has 4 aromatic rings. The minimum atomic E-state index is -4.17. The minimum Gasteiger partial charge on any atom is -0.495 e. The molecule has 0 spiro atoms. The third-order valence-electron chi connectivity index (χ3n) is 6.32. The van der Waals surface area contributed by atoms with E-state index in [2.05, 4.69) is 10.0 Å². The van der Waals surface area contributed by atoms with E-state index in [9.17, 15) is 21.6 Å². The van der Waals surface area contributed by atoms with Crippen LogP contribution in [0.15, 0.2) is 101 Å². The summed E-state index contributed by atoms with van der Waals surface area (Å²) in [4.78, 5) is 13.1. The Kier molecular flexibility index (Phi) is 9.46. The van der Waals surface area contributed by atoms with Crippen molar-refractivity contribution in [3.05, 3.63) is 96.6 Å². The van der Waals surface area contributed by atoms with Crippen molar-refractivity contribution in [3.8, 4) is 17.2 Å². The standard InChI is InChI=1S/C30H31N3O8S2/c1-21-10-16-27(39-2)26(18-21)32-42(35,36)24-14-11-22(12-15-24)31-30(34)20-33(43(37,38)25-8-6-5-7-9-25)23-13-17-28(40-3)29(19-23)41-4/h5-19,32H,20H2,1-4H3,(H,31,34). The van der Waals surface area contributed by atoms with Crippen LogP contribution in [0.3, 0.4) is 0 Å². The van der Waals surface area contributed by atoms with Crippen LogP contribution in [0.2, 0.25) is 0 Å². The van der Waals surface area contributed by atoms with Gasteiger partial charge >= 0.3 is 0 Å². The van der Waals surface area contributed by atoms with Gasteiger partial charge in [-0.05, 0) is 73.2 Å². The predicted molar refractivity (Wildman–Crippen MR) is 164 cm³/mol. The second-order valence-electron chi connectivity index (χ2n) is 9.25. The Bertz CT molecular complexity index is 1810. The average Bonchev–Trinajstić information content (AvgIpc) is 3.00. The van der Waals surface area contributed by atoms with E-state index in [4.69, 9.17) is 14.2 Å². The molecule has 0 bridgehead atoms. The Hall–Kier alpha value is -4.75. The SMILES string of the molecule is COc1ccc(C)cc1NS(=O)(=O)c1ccc(NC(=O)CN(c2ccc(OC)c(OC)c2)S(=O)(=O)c2ccccc2)cc1. The summed E-state index contributed by atoms with van der Waals surface area (Å²) < 4.78 is 72.6. The summed E-state index contributed by atoms with van der Waals surface area (Å²) in [5.41, 5.74) is 1.57. The molecule has 0 saturated carbocycles. The van der Waals surface area contributed by atoms with Gasteiger partial charge in [0.2, 0.25) is 5.91 Å². The summed E-state index contributed by atoms with van der Waals surface area (Å²) in [6.45, 7) is 1.24. The van der Waals surface area contributed by atoms with E-state index >= 15 is 0 Å². The molecule has 0 radical (unpaired) electrons. The molecule has 1 amide bonds. The van der Waals surface area contributed by atoms with E-state index in [0.717, 1.165) is 9.87 Å². The highest BCUT2D eigenvalue weighted by atomic mass is 32.2. The Morgan fingerprint density at radius 1 is 0.721 bits per heavy atom. The van der Waals surface area contributed by atoms with Crippen molar-refractivity contribution in [2.75, 3.05) is 42.2 Å². The number of hydrogen-bond acceptors (Lipinski definition) is 8. The van der Waals surface area contributed by atoms with Gasteiger partial charge in [0.1, 0.15) is 12.3 Å². The van der Waals surface area contributed by atoms with Gasteiger partial charge in [0.25, 0.3) is 20.0 Å². The fourth-order valence-electron chi connectivity index (χ4n) is 4.17. The van der Waals surface area contributed by atoms with E-state index in [1.807, 2.05) is 6.92 Å². The number of nitrogens with zero attached hydrogens (tertiary/aromatic N) is 1. The highest BCUT2D eigenvalue weighted by Crippen LogP contribution is 2.34. The first-order valence-electron chi connectivity index (χ1n) is 12.9. The topological polar surface area (TPSA) is 140 Å². The fourth-order valence-corrected chi connectivity index (χ4v) is 6.66. The molecular formula is C30H31N3O8S2. The molecule has 43 heavy (non-hydrogen) atoms. The second-order valence-corrected chi connectivity index (χ2v) is 12.8. The number of carbonyl (C=O) groups is 1. The maximum atomic E-state index is 13.6. The van der Waals surface area contributed by atoms with E-state index in [1.54, 1.807) is 42.5 Å². The molecule has 0 heterocycles. The van der Waals surface area contributed by atoms with Gasteiger partial charge in [-0.25, -0.2) is 16.8 Å². The van der Waals surface area contributed by atoms with Gasteiger partial charge < -0.3 is 19.5 Å². The molecule has 0 atom stereocenters. The highest BCUT2D eigenvalue weighted by molar-refractivity contribution is 7.93. The number of aryl methyl sites for hydroxylation is 1. The number of hydrogen-bond donors (Lipinski definition) is 2. The number of methoxy groups -OCH3 is 3. The summed E-state index contributed by atoms with van der Waals surface area (Å²) in [6.07, 6.45) is 0. The van der Waals surface area contributed by atoms with Gasteiger partial charge in [0.05, 0.1) is 42.5 Å². The molecular weight excluding hydrogens is 594 g/mol. The van der Waals surface area contributed by atoms with Crippen LogP contribution in [-0.4, -0.2) is 50.6 Å². The molecule has 0 aromatic heterocycles. The van der Waals surface area contributed by atoms with E-state index in [-0.39, 0.29) is 32.6 Å². The van der Waals surface area contributed by atoms with Crippen LogP contribution in [-0.2, 0) is 24.8 Å². The van der Waals surface area contributed by atoms with Crippen molar-refractivity contribution in [2.45, 2.75) is 16.7 Å². The monoisotopic (exact) mass is 625 g/mol. The average molecular weight is 626 g/mol.